The average Bonchev–Trinajstić information content (AvgIpc) is 2.51. The van der Waals surface area contributed by atoms with Crippen molar-refractivity contribution in [3.8, 4) is 11.5 Å². The van der Waals surface area contributed by atoms with E-state index in [-0.39, 0.29) is 28.8 Å². The number of rotatable bonds is 5. The Balaban J connectivity index is 1.88. The highest BCUT2D eigenvalue weighted by molar-refractivity contribution is 6.36. The molecule has 1 amide bonds. The number of hydrogen-bond acceptors (Lipinski definition) is 4. The van der Waals surface area contributed by atoms with Crippen LogP contribution in [0.15, 0.2) is 41.5 Å². The summed E-state index contributed by atoms with van der Waals surface area (Å²) in [6.45, 7) is 0. The number of aromatic hydroxyl groups is 2. The summed E-state index contributed by atoms with van der Waals surface area (Å²) in [5.41, 5.74) is 3.60. The summed E-state index contributed by atoms with van der Waals surface area (Å²) in [6.07, 6.45) is 2.03. The summed E-state index contributed by atoms with van der Waals surface area (Å²) < 4.78 is 0. The zero-order valence-corrected chi connectivity index (χ0v) is 13.5. The van der Waals surface area contributed by atoms with Crippen molar-refractivity contribution in [2.24, 2.45) is 5.10 Å². The van der Waals surface area contributed by atoms with Crippen molar-refractivity contribution in [1.82, 2.24) is 5.43 Å². The number of halogens is 2. The summed E-state index contributed by atoms with van der Waals surface area (Å²) in [4.78, 5) is 11.7. The Morgan fingerprint density at radius 2 is 1.87 bits per heavy atom. The molecule has 23 heavy (non-hydrogen) atoms. The average molecular weight is 353 g/mol. The molecule has 0 bridgehead atoms. The molecule has 0 radical (unpaired) electrons. The third-order valence-corrected chi connectivity index (χ3v) is 3.53. The van der Waals surface area contributed by atoms with Crippen LogP contribution >= 0.6 is 23.2 Å². The van der Waals surface area contributed by atoms with Crippen molar-refractivity contribution in [2.45, 2.75) is 12.8 Å². The van der Waals surface area contributed by atoms with Gasteiger partial charge in [0.15, 0.2) is 0 Å². The van der Waals surface area contributed by atoms with Gasteiger partial charge >= 0.3 is 0 Å². The number of nitrogens with one attached hydrogen (secondary N) is 1. The second-order valence-electron chi connectivity index (χ2n) is 4.79. The molecule has 0 spiro atoms. The number of carbonyl (C=O) groups is 1. The number of phenols is 2. The highest BCUT2D eigenvalue weighted by Gasteiger charge is 2.06. The van der Waals surface area contributed by atoms with E-state index in [9.17, 15) is 15.0 Å². The van der Waals surface area contributed by atoms with Gasteiger partial charge in [0.25, 0.3) is 0 Å². The van der Waals surface area contributed by atoms with Crippen molar-refractivity contribution in [1.29, 1.82) is 0 Å². The zero-order valence-electron chi connectivity index (χ0n) is 12.0. The van der Waals surface area contributed by atoms with Crippen molar-refractivity contribution in [3.05, 3.63) is 57.6 Å². The molecule has 0 heterocycles. The topological polar surface area (TPSA) is 81.9 Å². The molecular weight excluding hydrogens is 339 g/mol. The standard InChI is InChI=1S/C16H14Cl2N2O3/c17-12-7-11(16(23)14(18)8-12)9-19-20-15(22)6-3-10-1-4-13(21)5-2-10/h1-2,4-5,7-9,21,23H,3,6H2,(H,20,22)/b19-9+. The fraction of sp³-hybridized carbons (Fsp3) is 0.125. The number of phenolic OH excluding ortho intramolecular Hbond substituents is 2. The molecule has 7 heteroatoms. The highest BCUT2D eigenvalue weighted by Crippen LogP contribution is 2.29. The fourth-order valence-corrected chi connectivity index (χ4v) is 2.34. The Labute approximate surface area is 143 Å². The fourth-order valence-electron chi connectivity index (χ4n) is 1.83. The van der Waals surface area contributed by atoms with E-state index in [1.807, 2.05) is 0 Å². The Kier molecular flexibility index (Phi) is 5.84. The van der Waals surface area contributed by atoms with E-state index in [4.69, 9.17) is 23.2 Å². The Morgan fingerprint density at radius 1 is 1.17 bits per heavy atom. The summed E-state index contributed by atoms with van der Waals surface area (Å²) in [5.74, 6) is -0.247. The van der Waals surface area contributed by atoms with Gasteiger partial charge in [-0.05, 0) is 36.2 Å². The van der Waals surface area contributed by atoms with Crippen molar-refractivity contribution in [2.75, 3.05) is 0 Å². The van der Waals surface area contributed by atoms with Gasteiger partial charge in [-0.2, -0.15) is 5.10 Å². The lowest BCUT2D eigenvalue weighted by Gasteiger charge is -2.03. The molecule has 120 valence electrons. The largest absolute Gasteiger partial charge is 0.508 e. The Morgan fingerprint density at radius 3 is 2.57 bits per heavy atom. The minimum absolute atomic E-state index is 0.109. The number of hydrogen-bond donors (Lipinski definition) is 3. The molecule has 2 aromatic rings. The van der Waals surface area contributed by atoms with E-state index < -0.39 is 0 Å². The summed E-state index contributed by atoms with van der Waals surface area (Å²) >= 11 is 11.6. The molecule has 0 aliphatic heterocycles. The summed E-state index contributed by atoms with van der Waals surface area (Å²) in [5, 5.41) is 23.2. The molecule has 0 saturated carbocycles. The Bertz CT molecular complexity index is 731. The van der Waals surface area contributed by atoms with Gasteiger partial charge in [0.2, 0.25) is 5.91 Å². The first-order valence-electron chi connectivity index (χ1n) is 6.73. The predicted octanol–water partition coefficient (Wildman–Crippen LogP) is 3.49. The number of nitrogens with zero attached hydrogens (tertiary/aromatic N) is 1. The third-order valence-electron chi connectivity index (χ3n) is 3.03. The van der Waals surface area contributed by atoms with Crippen LogP contribution in [0.5, 0.6) is 11.5 Å². The van der Waals surface area contributed by atoms with Gasteiger partial charge in [-0.3, -0.25) is 4.79 Å². The molecule has 0 aliphatic carbocycles. The molecule has 0 saturated heterocycles. The first-order valence-corrected chi connectivity index (χ1v) is 7.49. The lowest BCUT2D eigenvalue weighted by atomic mass is 10.1. The maximum Gasteiger partial charge on any atom is 0.240 e. The molecule has 5 nitrogen and oxygen atoms in total. The minimum atomic E-state index is -0.276. The smallest absolute Gasteiger partial charge is 0.240 e. The molecule has 0 fully saturated rings. The molecule has 0 unspecified atom stereocenters. The van der Waals surface area contributed by atoms with Crippen LogP contribution in [0.25, 0.3) is 0 Å². The first-order chi connectivity index (χ1) is 11.0. The van der Waals surface area contributed by atoms with Crippen LogP contribution in [0.1, 0.15) is 17.5 Å². The number of benzene rings is 2. The van der Waals surface area contributed by atoms with Gasteiger partial charge in [-0.25, -0.2) is 5.43 Å². The predicted molar refractivity (Wildman–Crippen MR) is 90.3 cm³/mol. The van der Waals surface area contributed by atoms with Crippen LogP contribution in [0, 0.1) is 0 Å². The lowest BCUT2D eigenvalue weighted by Crippen LogP contribution is -2.17. The highest BCUT2D eigenvalue weighted by atomic mass is 35.5. The molecule has 3 N–H and O–H groups in total. The summed E-state index contributed by atoms with van der Waals surface area (Å²) in [6, 6.07) is 9.52. The van der Waals surface area contributed by atoms with Gasteiger partial charge in [-0.1, -0.05) is 35.3 Å². The quantitative estimate of drug-likeness (QED) is 0.569. The van der Waals surface area contributed by atoms with E-state index in [1.54, 1.807) is 24.3 Å². The van der Waals surface area contributed by atoms with E-state index in [0.717, 1.165) is 5.56 Å². The van der Waals surface area contributed by atoms with Gasteiger partial charge in [0.05, 0.1) is 11.2 Å². The third kappa shape index (κ3) is 5.16. The minimum Gasteiger partial charge on any atom is -0.508 e. The van der Waals surface area contributed by atoms with E-state index >= 15 is 0 Å². The van der Waals surface area contributed by atoms with Crippen LogP contribution in [0.3, 0.4) is 0 Å². The van der Waals surface area contributed by atoms with E-state index in [2.05, 4.69) is 10.5 Å². The van der Waals surface area contributed by atoms with Crippen LogP contribution in [-0.4, -0.2) is 22.3 Å². The molecule has 0 atom stereocenters. The van der Waals surface area contributed by atoms with Crippen molar-refractivity contribution < 1.29 is 15.0 Å². The monoisotopic (exact) mass is 352 g/mol. The normalized spacial score (nSPS) is 10.9. The van der Waals surface area contributed by atoms with E-state index in [1.165, 1.54) is 18.3 Å². The van der Waals surface area contributed by atoms with Crippen LogP contribution in [-0.2, 0) is 11.2 Å². The summed E-state index contributed by atoms with van der Waals surface area (Å²) in [7, 11) is 0. The van der Waals surface area contributed by atoms with Gasteiger partial charge in [0.1, 0.15) is 11.5 Å². The van der Waals surface area contributed by atoms with Crippen molar-refractivity contribution >= 4 is 35.3 Å². The first kappa shape index (κ1) is 17.1. The van der Waals surface area contributed by atoms with Crippen LogP contribution < -0.4 is 5.43 Å². The Hall–Kier alpha value is -2.24. The van der Waals surface area contributed by atoms with Gasteiger partial charge in [-0.15, -0.1) is 0 Å². The zero-order chi connectivity index (χ0) is 16.8. The molecular formula is C16H14Cl2N2O3. The number of hydrazone groups is 1. The van der Waals surface area contributed by atoms with Gasteiger partial charge in [0, 0.05) is 17.0 Å². The molecule has 2 rings (SSSR count). The lowest BCUT2D eigenvalue weighted by molar-refractivity contribution is -0.121. The molecule has 2 aromatic carbocycles. The molecule has 0 aromatic heterocycles. The van der Waals surface area contributed by atoms with Gasteiger partial charge < -0.3 is 10.2 Å². The van der Waals surface area contributed by atoms with Crippen LogP contribution in [0.2, 0.25) is 10.0 Å². The second kappa shape index (κ2) is 7.85. The second-order valence-corrected chi connectivity index (χ2v) is 5.63. The number of carbonyl (C=O) groups excluding carboxylic acids is 1. The van der Waals surface area contributed by atoms with E-state index in [0.29, 0.717) is 17.0 Å². The molecule has 0 aliphatic rings. The number of aryl methyl sites for hydroxylation is 1. The maximum absolute atomic E-state index is 11.7. The van der Waals surface area contributed by atoms with Crippen molar-refractivity contribution in [3.63, 3.8) is 0 Å². The number of amides is 1. The maximum atomic E-state index is 11.7. The van der Waals surface area contributed by atoms with Crippen LogP contribution in [0.4, 0.5) is 0 Å². The SMILES string of the molecule is O=C(CCc1ccc(O)cc1)N/N=C/c1cc(Cl)cc(Cl)c1O.